The van der Waals surface area contributed by atoms with Crippen molar-refractivity contribution in [1.82, 2.24) is 0 Å². The van der Waals surface area contributed by atoms with Crippen LogP contribution in [-0.4, -0.2) is 21.3 Å². The molecule has 4 nitrogen and oxygen atoms in total. The van der Waals surface area contributed by atoms with Gasteiger partial charge in [0.25, 0.3) is 0 Å². The van der Waals surface area contributed by atoms with E-state index in [9.17, 15) is 0 Å². The van der Waals surface area contributed by atoms with Gasteiger partial charge >= 0.3 is 0 Å². The summed E-state index contributed by atoms with van der Waals surface area (Å²) in [5.41, 5.74) is 0.408. The van der Waals surface area contributed by atoms with Crippen LogP contribution in [0.2, 0.25) is 0 Å². The molecule has 0 aliphatic carbocycles. The average Bonchev–Trinajstić information content (AvgIpc) is 2.26. The van der Waals surface area contributed by atoms with Crippen molar-refractivity contribution < 1.29 is 14.2 Å². The molecule has 0 spiro atoms. The van der Waals surface area contributed by atoms with E-state index in [1.807, 2.05) is 0 Å². The molecule has 0 aromatic heterocycles. The Hall–Kier alpha value is -1.89. The zero-order chi connectivity index (χ0) is 10.6. The Bertz CT molecular complexity index is 368. The summed E-state index contributed by atoms with van der Waals surface area (Å²) in [5, 5.41) is 0. The standard InChI is InChI=1S/C10H11NO3/c1-11-7-5-6-8(12-2)10(14-4)9(7)13-3/h5-6H,2-4H3/i1-1. The number of nitrogens with zero attached hydrogens (tertiary/aromatic N) is 1. The quantitative estimate of drug-likeness (QED) is 0.688. The smallest absolute Gasteiger partial charge is 0.232 e. The summed E-state index contributed by atoms with van der Waals surface area (Å²) in [5.74, 6) is 1.40. The number of rotatable bonds is 3. The van der Waals surface area contributed by atoms with Gasteiger partial charge < -0.3 is 14.2 Å². The zero-order valence-electron chi connectivity index (χ0n) is 8.33. The predicted octanol–water partition coefficient (Wildman–Crippen LogP) is 2.26. The zero-order valence-corrected chi connectivity index (χ0v) is 8.33. The van der Waals surface area contributed by atoms with E-state index in [0.29, 0.717) is 22.9 Å². The minimum absolute atomic E-state index is 0.404. The van der Waals surface area contributed by atoms with Gasteiger partial charge in [-0.2, -0.15) is 0 Å². The highest BCUT2D eigenvalue weighted by molar-refractivity contribution is 5.68. The first-order valence-electron chi connectivity index (χ1n) is 3.95. The highest BCUT2D eigenvalue weighted by Crippen LogP contribution is 2.43. The lowest BCUT2D eigenvalue weighted by Crippen LogP contribution is -1.94. The van der Waals surface area contributed by atoms with Gasteiger partial charge in [-0.1, -0.05) is 0 Å². The van der Waals surface area contributed by atoms with E-state index in [4.69, 9.17) is 20.8 Å². The molecule has 0 fully saturated rings. The van der Waals surface area contributed by atoms with E-state index >= 15 is 0 Å². The molecule has 74 valence electrons. The fourth-order valence-corrected chi connectivity index (χ4v) is 1.17. The molecule has 1 aromatic carbocycles. The molecule has 0 radical (unpaired) electrons. The largest absolute Gasteiger partial charge is 0.504 e. The van der Waals surface area contributed by atoms with Crippen LogP contribution in [0.4, 0.5) is 5.69 Å². The number of ether oxygens (including phenoxy) is 3. The van der Waals surface area contributed by atoms with Gasteiger partial charge in [0, 0.05) is 0 Å². The van der Waals surface area contributed by atoms with E-state index in [0.717, 1.165) is 0 Å². The van der Waals surface area contributed by atoms with Gasteiger partial charge in [0.05, 0.1) is 27.9 Å². The first-order valence-corrected chi connectivity index (χ1v) is 3.95. The fourth-order valence-electron chi connectivity index (χ4n) is 1.17. The van der Waals surface area contributed by atoms with E-state index in [-0.39, 0.29) is 0 Å². The molecule has 0 heterocycles. The summed E-state index contributed by atoms with van der Waals surface area (Å²) < 4.78 is 15.3. The molecule has 14 heavy (non-hydrogen) atoms. The molecule has 0 amide bonds. The monoisotopic (exact) mass is 192 g/mol. The number of hydrogen-bond donors (Lipinski definition) is 0. The van der Waals surface area contributed by atoms with Gasteiger partial charge in [-0.25, -0.2) is 4.85 Å². The highest BCUT2D eigenvalue weighted by atomic mass is 16.5. The maximum Gasteiger partial charge on any atom is 0.232 e. The lowest BCUT2D eigenvalue weighted by atomic mass is 10.2. The molecule has 4 heteroatoms. The van der Waals surface area contributed by atoms with Crippen molar-refractivity contribution in [1.29, 1.82) is 0 Å². The molecular formula is C10H11NO3. The molecule has 0 atom stereocenters. The van der Waals surface area contributed by atoms with Crippen LogP contribution in [0.3, 0.4) is 0 Å². The summed E-state index contributed by atoms with van der Waals surface area (Å²) in [6.07, 6.45) is 0. The van der Waals surface area contributed by atoms with E-state index in [1.165, 1.54) is 21.3 Å². The number of methoxy groups -OCH3 is 3. The average molecular weight is 192 g/mol. The maximum atomic E-state index is 6.94. The second-order valence-corrected chi connectivity index (χ2v) is 2.47. The Morgan fingerprint density at radius 1 is 1.00 bits per heavy atom. The van der Waals surface area contributed by atoms with Crippen molar-refractivity contribution in [2.24, 2.45) is 0 Å². The molecule has 1 rings (SSSR count). The minimum Gasteiger partial charge on any atom is -0.504 e. The topological polar surface area (TPSA) is 32.0 Å². The summed E-state index contributed by atoms with van der Waals surface area (Å²) in [6, 6.07) is 3.31. The van der Waals surface area contributed by atoms with Crippen LogP contribution in [-0.2, 0) is 0 Å². The molecule has 1 aromatic rings. The molecule has 0 N–H and O–H groups in total. The Morgan fingerprint density at radius 3 is 2.07 bits per heavy atom. The normalized spacial score (nSPS) is 9.00. The summed E-state index contributed by atoms with van der Waals surface area (Å²) in [7, 11) is 4.54. The van der Waals surface area contributed by atoms with Gasteiger partial charge in [-0.05, 0) is 12.1 Å². The Labute approximate surface area is 82.8 Å². The van der Waals surface area contributed by atoms with Crippen LogP contribution in [0.25, 0.3) is 4.85 Å². The van der Waals surface area contributed by atoms with E-state index < -0.39 is 0 Å². The van der Waals surface area contributed by atoms with Crippen LogP contribution >= 0.6 is 0 Å². The summed E-state index contributed by atoms with van der Waals surface area (Å²) in [4.78, 5) is 3.31. The van der Waals surface area contributed by atoms with Crippen molar-refractivity contribution in [2.45, 2.75) is 0 Å². The predicted molar refractivity (Wildman–Crippen MR) is 52.4 cm³/mol. The SMILES string of the molecule is COc1ccc([N+]#[11C-])c(OC)c1OC. The lowest BCUT2D eigenvalue weighted by molar-refractivity contribution is 0.325. The number of benzene rings is 1. The Kier molecular flexibility index (Phi) is 3.19. The number of hydrogen-bond acceptors (Lipinski definition) is 3. The maximum absolute atomic E-state index is 6.94. The van der Waals surface area contributed by atoms with Gasteiger partial charge in [0.1, 0.15) is 0 Å². The molecule has 0 aliphatic rings. The highest BCUT2D eigenvalue weighted by Gasteiger charge is 2.14. The molecule has 0 bridgehead atoms. The van der Waals surface area contributed by atoms with E-state index in [2.05, 4.69) is 4.85 Å². The molecule has 0 saturated carbocycles. The van der Waals surface area contributed by atoms with Gasteiger partial charge in [0.2, 0.25) is 5.69 Å². The Balaban J connectivity index is 3.38. The van der Waals surface area contributed by atoms with Crippen molar-refractivity contribution >= 4 is 5.69 Å². The van der Waals surface area contributed by atoms with Crippen molar-refractivity contribution in [3.63, 3.8) is 0 Å². The summed E-state index contributed by atoms with van der Waals surface area (Å²) in [6.45, 7) is 6.94. The minimum atomic E-state index is 0.404. The first kappa shape index (κ1) is 10.2. The third kappa shape index (κ3) is 1.57. The van der Waals surface area contributed by atoms with Gasteiger partial charge in [0.15, 0.2) is 17.2 Å². The van der Waals surface area contributed by atoms with Crippen LogP contribution in [0.15, 0.2) is 12.1 Å². The summed E-state index contributed by atoms with van der Waals surface area (Å²) >= 11 is 0. The first-order chi connectivity index (χ1) is 6.78. The molecular weight excluding hydrogens is 181 g/mol. The second-order valence-electron chi connectivity index (χ2n) is 2.47. The second kappa shape index (κ2) is 4.38. The van der Waals surface area contributed by atoms with E-state index in [1.54, 1.807) is 12.1 Å². The van der Waals surface area contributed by atoms with Crippen LogP contribution < -0.4 is 14.2 Å². The lowest BCUT2D eigenvalue weighted by Gasteiger charge is -2.12. The van der Waals surface area contributed by atoms with Gasteiger partial charge in [-0.15, -0.1) is 0 Å². The fraction of sp³-hybridized carbons (Fsp3) is 0.300. The van der Waals surface area contributed by atoms with Crippen LogP contribution in [0, 0.1) is 6.57 Å². The van der Waals surface area contributed by atoms with Gasteiger partial charge in [-0.3, -0.25) is 0 Å². The third-order valence-electron chi connectivity index (χ3n) is 1.80. The van der Waals surface area contributed by atoms with Crippen molar-refractivity contribution in [3.05, 3.63) is 23.5 Å². The molecule has 0 saturated heterocycles. The third-order valence-corrected chi connectivity index (χ3v) is 1.80. The van der Waals surface area contributed by atoms with Crippen LogP contribution in [0.5, 0.6) is 17.2 Å². The Morgan fingerprint density at radius 2 is 1.64 bits per heavy atom. The van der Waals surface area contributed by atoms with Crippen molar-refractivity contribution in [3.8, 4) is 17.2 Å². The molecule has 0 unspecified atom stereocenters. The molecule has 0 aliphatic heterocycles. The van der Waals surface area contributed by atoms with Crippen LogP contribution in [0.1, 0.15) is 0 Å². The van der Waals surface area contributed by atoms with Crippen molar-refractivity contribution in [2.75, 3.05) is 21.3 Å².